The van der Waals surface area contributed by atoms with Gasteiger partial charge in [0, 0.05) is 6.04 Å². The van der Waals surface area contributed by atoms with Crippen molar-refractivity contribution in [2.75, 3.05) is 0 Å². The molecule has 0 aromatic heterocycles. The summed E-state index contributed by atoms with van der Waals surface area (Å²) >= 11 is 0. The normalized spacial score (nSPS) is 44.4. The van der Waals surface area contributed by atoms with Crippen molar-refractivity contribution in [1.29, 1.82) is 0 Å². The summed E-state index contributed by atoms with van der Waals surface area (Å²) < 4.78 is 0. The minimum absolute atomic E-state index is 0.0689. The molecule has 2 rings (SSSR count). The molecule has 3 N–H and O–H groups in total. The Labute approximate surface area is 78.3 Å². The van der Waals surface area contributed by atoms with Crippen molar-refractivity contribution in [1.82, 2.24) is 0 Å². The molecule has 2 saturated carbocycles. The average Bonchev–Trinajstić information content (AvgIpc) is 2.26. The van der Waals surface area contributed by atoms with Gasteiger partial charge < -0.3 is 10.8 Å². The van der Waals surface area contributed by atoms with Gasteiger partial charge >= 0.3 is 5.97 Å². The Bertz CT molecular complexity index is 217. The molecule has 0 aromatic rings. The lowest BCUT2D eigenvalue weighted by Crippen LogP contribution is -2.59. The van der Waals surface area contributed by atoms with Gasteiger partial charge in [-0.15, -0.1) is 0 Å². The topological polar surface area (TPSA) is 63.3 Å². The van der Waals surface area contributed by atoms with E-state index in [1.54, 1.807) is 0 Å². The van der Waals surface area contributed by atoms with Crippen LogP contribution in [0.2, 0.25) is 0 Å². The minimum Gasteiger partial charge on any atom is -0.481 e. The smallest absolute Gasteiger partial charge is 0.308 e. The minimum atomic E-state index is -0.685. The lowest BCUT2D eigenvalue weighted by Gasteiger charge is -2.47. The second kappa shape index (κ2) is 3.29. The molecule has 0 saturated heterocycles. The highest BCUT2D eigenvalue weighted by Gasteiger charge is 2.51. The molecular weight excluding hydrogens is 166 g/mol. The third kappa shape index (κ3) is 1.35. The number of nitrogens with two attached hydrogens (primary N) is 1. The van der Waals surface area contributed by atoms with E-state index < -0.39 is 5.97 Å². The van der Waals surface area contributed by atoms with Gasteiger partial charge in [0.05, 0.1) is 5.92 Å². The van der Waals surface area contributed by atoms with Crippen molar-refractivity contribution < 1.29 is 9.90 Å². The first kappa shape index (κ1) is 9.00. The predicted molar refractivity (Wildman–Crippen MR) is 49.2 cm³/mol. The van der Waals surface area contributed by atoms with Crippen LogP contribution < -0.4 is 5.73 Å². The van der Waals surface area contributed by atoms with Gasteiger partial charge in [0.1, 0.15) is 0 Å². The van der Waals surface area contributed by atoms with Crippen LogP contribution in [0.3, 0.4) is 0 Å². The highest BCUT2D eigenvalue weighted by atomic mass is 16.4. The molecule has 0 radical (unpaired) electrons. The summed E-state index contributed by atoms with van der Waals surface area (Å²) in [4.78, 5) is 10.9. The van der Waals surface area contributed by atoms with Gasteiger partial charge in [-0.1, -0.05) is 19.3 Å². The maximum atomic E-state index is 10.9. The van der Waals surface area contributed by atoms with Crippen LogP contribution in [0.5, 0.6) is 0 Å². The summed E-state index contributed by atoms with van der Waals surface area (Å²) in [5.74, 6) is -0.0441. The van der Waals surface area contributed by atoms with E-state index in [-0.39, 0.29) is 12.0 Å². The first-order valence-corrected chi connectivity index (χ1v) is 5.20. The molecule has 0 heterocycles. The van der Waals surface area contributed by atoms with Crippen LogP contribution in [-0.4, -0.2) is 17.1 Å². The van der Waals surface area contributed by atoms with Crippen LogP contribution >= 0.6 is 0 Å². The van der Waals surface area contributed by atoms with Gasteiger partial charge in [0.25, 0.3) is 0 Å². The molecule has 0 spiro atoms. The summed E-state index contributed by atoms with van der Waals surface area (Å²) in [6.07, 6.45) is 5.91. The van der Waals surface area contributed by atoms with Crippen LogP contribution in [0.25, 0.3) is 0 Å². The lowest BCUT2D eigenvalue weighted by atomic mass is 9.59. The van der Waals surface area contributed by atoms with Gasteiger partial charge in [-0.05, 0) is 24.7 Å². The number of hydrogen-bond acceptors (Lipinski definition) is 2. The number of fused-ring (bicyclic) bond motifs is 1. The summed E-state index contributed by atoms with van der Waals surface area (Å²) in [6.45, 7) is 0. The predicted octanol–water partition coefficient (Wildman–Crippen LogP) is 1.22. The monoisotopic (exact) mass is 183 g/mol. The van der Waals surface area contributed by atoms with Gasteiger partial charge in [-0.2, -0.15) is 0 Å². The first-order valence-electron chi connectivity index (χ1n) is 5.20. The van der Waals surface area contributed by atoms with E-state index in [1.165, 1.54) is 19.3 Å². The maximum absolute atomic E-state index is 10.9. The Balaban J connectivity index is 2.05. The highest BCUT2D eigenvalue weighted by Crippen LogP contribution is 2.47. The standard InChI is InChI=1S/C10H17NO2/c11-9-7-5-3-1-2-4-6(7)8(9)10(12)13/h6-9H,1-5,11H2,(H,12,13). The van der Waals surface area contributed by atoms with E-state index in [2.05, 4.69) is 0 Å². The first-order chi connectivity index (χ1) is 6.22. The fourth-order valence-corrected chi connectivity index (χ4v) is 3.04. The Morgan fingerprint density at radius 1 is 1.15 bits per heavy atom. The van der Waals surface area contributed by atoms with Crippen LogP contribution in [0.4, 0.5) is 0 Å². The fraction of sp³-hybridized carbons (Fsp3) is 0.900. The fourth-order valence-electron chi connectivity index (χ4n) is 3.04. The van der Waals surface area contributed by atoms with Crippen LogP contribution in [0.15, 0.2) is 0 Å². The third-order valence-electron chi connectivity index (χ3n) is 3.78. The summed E-state index contributed by atoms with van der Waals surface area (Å²) in [5.41, 5.74) is 5.87. The number of carbonyl (C=O) groups is 1. The largest absolute Gasteiger partial charge is 0.481 e. The van der Waals surface area contributed by atoms with Gasteiger partial charge in [-0.3, -0.25) is 4.79 Å². The SMILES string of the molecule is NC1C2CCCCCC2C1C(=O)O. The Kier molecular flexibility index (Phi) is 2.28. The van der Waals surface area contributed by atoms with E-state index >= 15 is 0 Å². The molecule has 2 aliphatic carbocycles. The Hall–Kier alpha value is -0.570. The molecule has 3 heteroatoms. The molecule has 3 nitrogen and oxygen atoms in total. The second-order valence-corrected chi connectivity index (χ2v) is 4.41. The van der Waals surface area contributed by atoms with Crippen molar-refractivity contribution in [3.8, 4) is 0 Å². The zero-order chi connectivity index (χ0) is 9.42. The van der Waals surface area contributed by atoms with Crippen molar-refractivity contribution in [2.24, 2.45) is 23.5 Å². The second-order valence-electron chi connectivity index (χ2n) is 4.41. The van der Waals surface area contributed by atoms with Crippen molar-refractivity contribution in [3.63, 3.8) is 0 Å². The van der Waals surface area contributed by atoms with Crippen molar-refractivity contribution in [3.05, 3.63) is 0 Å². The molecule has 0 bridgehead atoms. The third-order valence-corrected chi connectivity index (χ3v) is 3.78. The number of carboxylic acid groups (broad SMARTS) is 1. The quantitative estimate of drug-likeness (QED) is 0.642. The molecule has 2 fully saturated rings. The van der Waals surface area contributed by atoms with Gasteiger partial charge in [0.2, 0.25) is 0 Å². The number of hydrogen-bond donors (Lipinski definition) is 2. The maximum Gasteiger partial charge on any atom is 0.308 e. The average molecular weight is 183 g/mol. The molecule has 4 atom stereocenters. The van der Waals surface area contributed by atoms with E-state index in [0.29, 0.717) is 11.8 Å². The zero-order valence-corrected chi connectivity index (χ0v) is 7.78. The summed E-state index contributed by atoms with van der Waals surface area (Å²) in [6, 6.07) is -0.0689. The summed E-state index contributed by atoms with van der Waals surface area (Å²) in [5, 5.41) is 8.95. The van der Waals surface area contributed by atoms with Crippen molar-refractivity contribution in [2.45, 2.75) is 38.1 Å². The van der Waals surface area contributed by atoms with Crippen molar-refractivity contribution >= 4 is 5.97 Å². The molecule has 2 aliphatic rings. The highest BCUT2D eigenvalue weighted by molar-refractivity contribution is 5.73. The summed E-state index contributed by atoms with van der Waals surface area (Å²) in [7, 11) is 0. The van der Waals surface area contributed by atoms with E-state index in [1.807, 2.05) is 0 Å². The van der Waals surface area contributed by atoms with Crippen LogP contribution in [0, 0.1) is 17.8 Å². The Morgan fingerprint density at radius 3 is 2.38 bits per heavy atom. The van der Waals surface area contributed by atoms with E-state index in [9.17, 15) is 4.79 Å². The Morgan fingerprint density at radius 2 is 1.77 bits per heavy atom. The number of carboxylic acids is 1. The zero-order valence-electron chi connectivity index (χ0n) is 7.78. The lowest BCUT2D eigenvalue weighted by molar-refractivity contribution is -0.153. The molecule has 74 valence electrons. The van der Waals surface area contributed by atoms with E-state index in [4.69, 9.17) is 10.8 Å². The van der Waals surface area contributed by atoms with Gasteiger partial charge in [-0.25, -0.2) is 0 Å². The number of aliphatic carboxylic acids is 1. The molecule has 0 amide bonds. The molecule has 13 heavy (non-hydrogen) atoms. The van der Waals surface area contributed by atoms with Crippen LogP contribution in [-0.2, 0) is 4.79 Å². The van der Waals surface area contributed by atoms with E-state index in [0.717, 1.165) is 12.8 Å². The molecule has 0 aromatic carbocycles. The van der Waals surface area contributed by atoms with Gasteiger partial charge in [0.15, 0.2) is 0 Å². The molecular formula is C10H17NO2. The number of rotatable bonds is 1. The molecule has 0 aliphatic heterocycles. The van der Waals surface area contributed by atoms with Crippen LogP contribution in [0.1, 0.15) is 32.1 Å². The molecule has 4 unspecified atom stereocenters.